The fourth-order valence-electron chi connectivity index (χ4n) is 4.37. The largest absolute Gasteiger partial charge is 0.497 e. The number of fused-ring (bicyclic) bond motifs is 1. The van der Waals surface area contributed by atoms with E-state index in [9.17, 15) is 4.79 Å². The second-order valence-corrected chi connectivity index (χ2v) is 9.64. The fraction of sp³-hybridized carbons (Fsp3) is 0.346. The predicted octanol–water partition coefficient (Wildman–Crippen LogP) is 4.52. The summed E-state index contributed by atoms with van der Waals surface area (Å²) in [4.78, 5) is 19.8. The third-order valence-corrected chi connectivity index (χ3v) is 7.52. The van der Waals surface area contributed by atoms with Gasteiger partial charge in [0.2, 0.25) is 5.91 Å². The van der Waals surface area contributed by atoms with E-state index in [1.807, 2.05) is 66.2 Å². The van der Waals surface area contributed by atoms with E-state index in [-0.39, 0.29) is 11.9 Å². The SMILES string of the molecule is COc1ccc(CCC(=O)NC2CCN(c3nc4c(s3)c(C)nn4-c3ccccc3)CC2)cc1. The van der Waals surface area contributed by atoms with Crippen LogP contribution in [0.3, 0.4) is 0 Å². The van der Waals surface area contributed by atoms with Gasteiger partial charge in [-0.05, 0) is 56.0 Å². The number of hydrogen-bond donors (Lipinski definition) is 1. The molecule has 176 valence electrons. The van der Waals surface area contributed by atoms with Crippen molar-refractivity contribution in [3.8, 4) is 11.4 Å². The Morgan fingerprint density at radius 1 is 1.12 bits per heavy atom. The maximum Gasteiger partial charge on any atom is 0.220 e. The maximum atomic E-state index is 12.5. The number of para-hydroxylation sites is 1. The Kier molecular flexibility index (Phi) is 6.49. The molecule has 4 aromatic rings. The van der Waals surface area contributed by atoms with Gasteiger partial charge in [0.05, 0.1) is 23.2 Å². The van der Waals surface area contributed by atoms with Crippen molar-refractivity contribution in [2.45, 2.75) is 38.6 Å². The molecule has 8 heteroatoms. The van der Waals surface area contributed by atoms with Crippen LogP contribution in [0.15, 0.2) is 54.6 Å². The number of benzene rings is 2. The summed E-state index contributed by atoms with van der Waals surface area (Å²) in [6.45, 7) is 3.81. The number of aryl methyl sites for hydroxylation is 2. The smallest absolute Gasteiger partial charge is 0.220 e. The zero-order valence-electron chi connectivity index (χ0n) is 19.5. The molecular formula is C26H29N5O2S. The highest BCUT2D eigenvalue weighted by atomic mass is 32.1. The van der Waals surface area contributed by atoms with Crippen LogP contribution >= 0.6 is 11.3 Å². The highest BCUT2D eigenvalue weighted by molar-refractivity contribution is 7.22. The average molecular weight is 476 g/mol. The number of carbonyl (C=O) groups is 1. The zero-order valence-corrected chi connectivity index (χ0v) is 20.3. The van der Waals surface area contributed by atoms with E-state index in [0.717, 1.165) is 70.5 Å². The molecule has 1 N–H and O–H groups in total. The number of nitrogens with zero attached hydrogens (tertiary/aromatic N) is 4. The van der Waals surface area contributed by atoms with Gasteiger partial charge in [0.25, 0.3) is 0 Å². The molecule has 5 rings (SSSR count). The third kappa shape index (κ3) is 4.77. The molecular weight excluding hydrogens is 446 g/mol. The lowest BCUT2D eigenvalue weighted by atomic mass is 10.0. The van der Waals surface area contributed by atoms with E-state index in [1.54, 1.807) is 18.4 Å². The minimum absolute atomic E-state index is 0.118. The Morgan fingerprint density at radius 3 is 2.56 bits per heavy atom. The molecule has 0 spiro atoms. The second-order valence-electron chi connectivity index (χ2n) is 8.66. The van der Waals surface area contributed by atoms with Crippen LogP contribution in [0.4, 0.5) is 5.13 Å². The number of thiazole rings is 1. The van der Waals surface area contributed by atoms with E-state index in [2.05, 4.69) is 10.2 Å². The highest BCUT2D eigenvalue weighted by Crippen LogP contribution is 2.33. The van der Waals surface area contributed by atoms with Crippen molar-refractivity contribution in [2.24, 2.45) is 0 Å². The maximum absolute atomic E-state index is 12.5. The molecule has 1 amide bonds. The molecule has 0 bridgehead atoms. The van der Waals surface area contributed by atoms with Crippen molar-refractivity contribution < 1.29 is 9.53 Å². The van der Waals surface area contributed by atoms with Gasteiger partial charge in [0.15, 0.2) is 10.8 Å². The molecule has 0 radical (unpaired) electrons. The van der Waals surface area contributed by atoms with Gasteiger partial charge in [-0.15, -0.1) is 0 Å². The molecule has 1 aliphatic heterocycles. The van der Waals surface area contributed by atoms with Crippen LogP contribution in [0, 0.1) is 6.92 Å². The Bertz CT molecular complexity index is 1260. The normalized spacial score (nSPS) is 14.5. The first-order chi connectivity index (χ1) is 16.6. The summed E-state index contributed by atoms with van der Waals surface area (Å²) >= 11 is 1.70. The Labute approximate surface area is 203 Å². The quantitative estimate of drug-likeness (QED) is 0.426. The Morgan fingerprint density at radius 2 is 1.85 bits per heavy atom. The topological polar surface area (TPSA) is 72.3 Å². The first-order valence-electron chi connectivity index (χ1n) is 11.7. The molecule has 0 unspecified atom stereocenters. The molecule has 1 saturated heterocycles. The number of methoxy groups -OCH3 is 1. The first kappa shape index (κ1) is 22.4. The van der Waals surface area contributed by atoms with Gasteiger partial charge < -0.3 is 15.0 Å². The van der Waals surface area contributed by atoms with Crippen molar-refractivity contribution in [3.63, 3.8) is 0 Å². The van der Waals surface area contributed by atoms with E-state index in [4.69, 9.17) is 14.8 Å². The molecule has 0 atom stereocenters. The third-order valence-electron chi connectivity index (χ3n) is 6.31. The summed E-state index contributed by atoms with van der Waals surface area (Å²) in [5.41, 5.74) is 4.08. The van der Waals surface area contributed by atoms with E-state index in [1.165, 1.54) is 0 Å². The zero-order chi connectivity index (χ0) is 23.5. The van der Waals surface area contributed by atoms with Gasteiger partial charge in [-0.2, -0.15) is 10.1 Å². The standard InChI is InChI=1S/C26H29N5O2S/c1-18-24-25(31(29-18)21-6-4-3-5-7-21)28-26(34-24)30-16-14-20(15-17-30)27-23(32)13-10-19-8-11-22(33-2)12-9-19/h3-9,11-12,20H,10,13-17H2,1-2H3,(H,27,32). The minimum atomic E-state index is 0.118. The summed E-state index contributed by atoms with van der Waals surface area (Å²) < 4.78 is 8.25. The van der Waals surface area contributed by atoms with Crippen LogP contribution in [0.2, 0.25) is 0 Å². The molecule has 2 aromatic carbocycles. The molecule has 1 fully saturated rings. The van der Waals surface area contributed by atoms with Crippen molar-refractivity contribution >= 4 is 32.7 Å². The van der Waals surface area contributed by atoms with Crippen molar-refractivity contribution in [1.82, 2.24) is 20.1 Å². The lowest BCUT2D eigenvalue weighted by molar-refractivity contribution is -0.121. The number of aromatic nitrogens is 3. The first-order valence-corrected chi connectivity index (χ1v) is 12.5. The van der Waals surface area contributed by atoms with Crippen molar-refractivity contribution in [2.75, 3.05) is 25.1 Å². The molecule has 0 aliphatic carbocycles. The van der Waals surface area contributed by atoms with E-state index in [0.29, 0.717) is 6.42 Å². The molecule has 0 saturated carbocycles. The average Bonchev–Trinajstić information content (AvgIpc) is 3.44. The number of amides is 1. The molecule has 34 heavy (non-hydrogen) atoms. The Balaban J connectivity index is 1.16. The van der Waals surface area contributed by atoms with Crippen LogP contribution in [0.5, 0.6) is 5.75 Å². The van der Waals surface area contributed by atoms with E-state index < -0.39 is 0 Å². The van der Waals surface area contributed by atoms with Gasteiger partial charge >= 0.3 is 0 Å². The number of ether oxygens (including phenoxy) is 1. The number of hydrogen-bond acceptors (Lipinski definition) is 6. The van der Waals surface area contributed by atoms with Crippen molar-refractivity contribution in [3.05, 3.63) is 65.9 Å². The number of nitrogens with one attached hydrogen (secondary N) is 1. The van der Waals surface area contributed by atoms with E-state index >= 15 is 0 Å². The van der Waals surface area contributed by atoms with Gasteiger partial charge in [0.1, 0.15) is 5.75 Å². The summed E-state index contributed by atoms with van der Waals surface area (Å²) in [7, 11) is 1.66. The molecule has 2 aromatic heterocycles. The Hall–Kier alpha value is -3.39. The molecule has 1 aliphatic rings. The number of anilines is 1. The van der Waals surface area contributed by atoms with Crippen LogP contribution in [-0.4, -0.2) is 46.9 Å². The number of carbonyl (C=O) groups excluding carboxylic acids is 1. The molecule has 3 heterocycles. The highest BCUT2D eigenvalue weighted by Gasteiger charge is 2.24. The lowest BCUT2D eigenvalue weighted by Gasteiger charge is -2.32. The summed E-state index contributed by atoms with van der Waals surface area (Å²) in [5, 5.41) is 8.95. The van der Waals surface area contributed by atoms with Crippen molar-refractivity contribution in [1.29, 1.82) is 0 Å². The van der Waals surface area contributed by atoms with Gasteiger partial charge in [-0.25, -0.2) is 4.68 Å². The van der Waals surface area contributed by atoms with Crippen LogP contribution in [-0.2, 0) is 11.2 Å². The van der Waals surface area contributed by atoms with Gasteiger partial charge in [-0.3, -0.25) is 4.79 Å². The summed E-state index contributed by atoms with van der Waals surface area (Å²) in [5.74, 6) is 0.952. The van der Waals surface area contributed by atoms with Crippen LogP contribution in [0.25, 0.3) is 16.0 Å². The van der Waals surface area contributed by atoms with Gasteiger partial charge in [-0.1, -0.05) is 41.7 Å². The minimum Gasteiger partial charge on any atom is -0.497 e. The second kappa shape index (κ2) is 9.85. The molecule has 7 nitrogen and oxygen atoms in total. The predicted molar refractivity (Wildman–Crippen MR) is 136 cm³/mol. The number of rotatable bonds is 7. The summed E-state index contributed by atoms with van der Waals surface area (Å²) in [6.07, 6.45) is 3.08. The number of piperidine rings is 1. The van der Waals surface area contributed by atoms with Gasteiger partial charge in [0, 0.05) is 25.6 Å². The monoisotopic (exact) mass is 475 g/mol. The van der Waals surface area contributed by atoms with Crippen LogP contribution < -0.4 is 15.0 Å². The fourth-order valence-corrected chi connectivity index (χ4v) is 5.41. The summed E-state index contributed by atoms with van der Waals surface area (Å²) in [6, 6.07) is 18.3. The van der Waals surface area contributed by atoms with Crippen LogP contribution in [0.1, 0.15) is 30.5 Å². The lowest BCUT2D eigenvalue weighted by Crippen LogP contribution is -2.44.